The molecule has 2 heterocycles. The first-order valence-electron chi connectivity index (χ1n) is 5.24. The molecule has 0 amide bonds. The molecule has 1 aliphatic heterocycles. The molecule has 0 saturated carbocycles. The molecule has 1 aromatic rings. The maximum atomic E-state index is 11.1. The molecular formula is C11H15N3O. The first-order valence-corrected chi connectivity index (χ1v) is 5.24. The quantitative estimate of drug-likeness (QED) is 0.692. The van der Waals surface area contributed by atoms with Crippen LogP contribution in [-0.4, -0.2) is 28.8 Å². The summed E-state index contributed by atoms with van der Waals surface area (Å²) in [7, 11) is 0. The lowest BCUT2D eigenvalue weighted by molar-refractivity contribution is -0.119. The van der Waals surface area contributed by atoms with Gasteiger partial charge in [-0.2, -0.15) is 0 Å². The van der Waals surface area contributed by atoms with E-state index in [1.807, 2.05) is 19.9 Å². The second-order valence-electron chi connectivity index (χ2n) is 3.98. The lowest BCUT2D eigenvalue weighted by Gasteiger charge is -2.26. The highest BCUT2D eigenvalue weighted by atomic mass is 16.1. The van der Waals surface area contributed by atoms with Crippen molar-refractivity contribution in [2.45, 2.75) is 26.7 Å². The highest BCUT2D eigenvalue weighted by Crippen LogP contribution is 2.14. The van der Waals surface area contributed by atoms with E-state index in [-0.39, 0.29) is 0 Å². The van der Waals surface area contributed by atoms with Crippen LogP contribution in [0, 0.1) is 13.8 Å². The number of piperidine rings is 1. The number of hydrogen-bond donors (Lipinski definition) is 0. The molecule has 0 bridgehead atoms. The second-order valence-corrected chi connectivity index (χ2v) is 3.98. The minimum atomic E-state index is 0.343. The standard InChI is InChI=1S/C11H15N3O/c1-8-7-9(2)13-11(12-8)14-5-3-10(15)4-6-14/h7H,3-6H2,1-2H3. The van der Waals surface area contributed by atoms with Gasteiger partial charge in [0.1, 0.15) is 5.78 Å². The van der Waals surface area contributed by atoms with E-state index in [2.05, 4.69) is 14.9 Å². The van der Waals surface area contributed by atoms with E-state index < -0.39 is 0 Å². The van der Waals surface area contributed by atoms with Crippen LogP contribution in [0.5, 0.6) is 0 Å². The Morgan fingerprint density at radius 1 is 1.13 bits per heavy atom. The molecule has 0 N–H and O–H groups in total. The highest BCUT2D eigenvalue weighted by Gasteiger charge is 2.18. The molecule has 0 atom stereocenters. The zero-order chi connectivity index (χ0) is 10.8. The van der Waals surface area contributed by atoms with Gasteiger partial charge in [-0.05, 0) is 19.9 Å². The van der Waals surface area contributed by atoms with Gasteiger partial charge < -0.3 is 4.90 Å². The van der Waals surface area contributed by atoms with Gasteiger partial charge in [-0.1, -0.05) is 0 Å². The zero-order valence-electron chi connectivity index (χ0n) is 9.16. The van der Waals surface area contributed by atoms with Crippen molar-refractivity contribution in [3.63, 3.8) is 0 Å². The molecule has 0 radical (unpaired) electrons. The molecular weight excluding hydrogens is 190 g/mol. The third-order valence-corrected chi connectivity index (χ3v) is 2.57. The predicted molar refractivity (Wildman–Crippen MR) is 58.0 cm³/mol. The third-order valence-electron chi connectivity index (χ3n) is 2.57. The van der Waals surface area contributed by atoms with Crippen molar-refractivity contribution < 1.29 is 4.79 Å². The van der Waals surface area contributed by atoms with Crippen LogP contribution in [0.15, 0.2) is 6.07 Å². The van der Waals surface area contributed by atoms with Crippen molar-refractivity contribution in [2.24, 2.45) is 0 Å². The summed E-state index contributed by atoms with van der Waals surface area (Å²) >= 11 is 0. The number of nitrogens with zero attached hydrogens (tertiary/aromatic N) is 3. The molecule has 2 rings (SSSR count). The average Bonchev–Trinajstić information content (AvgIpc) is 2.17. The Labute approximate surface area is 89.3 Å². The summed E-state index contributed by atoms with van der Waals surface area (Å²) in [5.41, 5.74) is 1.96. The summed E-state index contributed by atoms with van der Waals surface area (Å²) in [6.45, 7) is 5.43. The number of ketones is 1. The fourth-order valence-corrected chi connectivity index (χ4v) is 1.80. The Morgan fingerprint density at radius 2 is 1.67 bits per heavy atom. The maximum Gasteiger partial charge on any atom is 0.225 e. The SMILES string of the molecule is Cc1cc(C)nc(N2CCC(=O)CC2)n1. The normalized spacial score (nSPS) is 16.9. The number of aromatic nitrogens is 2. The molecule has 0 unspecified atom stereocenters. The number of rotatable bonds is 1. The first kappa shape index (κ1) is 10.1. The van der Waals surface area contributed by atoms with Gasteiger partial charge >= 0.3 is 0 Å². The van der Waals surface area contributed by atoms with E-state index in [4.69, 9.17) is 0 Å². The number of carbonyl (C=O) groups is 1. The molecule has 0 aromatic carbocycles. The van der Waals surface area contributed by atoms with Crippen LogP contribution in [0.25, 0.3) is 0 Å². The molecule has 1 fully saturated rings. The van der Waals surface area contributed by atoms with Crippen LogP contribution in [0.2, 0.25) is 0 Å². The minimum Gasteiger partial charge on any atom is -0.340 e. The van der Waals surface area contributed by atoms with Crippen molar-refractivity contribution in [2.75, 3.05) is 18.0 Å². The van der Waals surface area contributed by atoms with Crippen molar-refractivity contribution in [3.8, 4) is 0 Å². The summed E-state index contributed by atoms with van der Waals surface area (Å²) in [4.78, 5) is 22.0. The lowest BCUT2D eigenvalue weighted by Crippen LogP contribution is -2.35. The van der Waals surface area contributed by atoms with E-state index in [1.54, 1.807) is 0 Å². The smallest absolute Gasteiger partial charge is 0.225 e. The Kier molecular flexibility index (Phi) is 2.66. The monoisotopic (exact) mass is 205 g/mol. The summed E-state index contributed by atoms with van der Waals surface area (Å²) in [5.74, 6) is 1.11. The fraction of sp³-hybridized carbons (Fsp3) is 0.545. The molecule has 0 spiro atoms. The molecule has 15 heavy (non-hydrogen) atoms. The van der Waals surface area contributed by atoms with Gasteiger partial charge in [0.15, 0.2) is 0 Å². The summed E-state index contributed by atoms with van der Waals surface area (Å²) < 4.78 is 0. The Hall–Kier alpha value is -1.45. The average molecular weight is 205 g/mol. The van der Waals surface area contributed by atoms with Crippen LogP contribution >= 0.6 is 0 Å². The second kappa shape index (κ2) is 3.96. The molecule has 80 valence electrons. The Morgan fingerprint density at radius 3 is 2.20 bits per heavy atom. The van der Waals surface area contributed by atoms with Gasteiger partial charge in [-0.15, -0.1) is 0 Å². The van der Waals surface area contributed by atoms with Crippen LogP contribution < -0.4 is 4.90 Å². The van der Waals surface area contributed by atoms with Crippen molar-refractivity contribution >= 4 is 11.7 Å². The largest absolute Gasteiger partial charge is 0.340 e. The summed E-state index contributed by atoms with van der Waals surface area (Å²) in [6.07, 6.45) is 1.24. The molecule has 1 aromatic heterocycles. The third kappa shape index (κ3) is 2.32. The minimum absolute atomic E-state index is 0.343. The number of anilines is 1. The van der Waals surface area contributed by atoms with Crippen LogP contribution in [0.3, 0.4) is 0 Å². The zero-order valence-corrected chi connectivity index (χ0v) is 9.16. The van der Waals surface area contributed by atoms with Crippen LogP contribution in [0.1, 0.15) is 24.2 Å². The predicted octanol–water partition coefficient (Wildman–Crippen LogP) is 1.26. The van der Waals surface area contributed by atoms with Crippen molar-refractivity contribution in [3.05, 3.63) is 17.5 Å². The molecule has 1 saturated heterocycles. The van der Waals surface area contributed by atoms with Crippen LogP contribution in [0.4, 0.5) is 5.95 Å². The topological polar surface area (TPSA) is 46.1 Å². The van der Waals surface area contributed by atoms with E-state index >= 15 is 0 Å². The van der Waals surface area contributed by atoms with Gasteiger partial charge in [0, 0.05) is 37.3 Å². The Bertz CT molecular complexity index is 359. The van der Waals surface area contributed by atoms with E-state index in [0.29, 0.717) is 18.6 Å². The van der Waals surface area contributed by atoms with E-state index in [0.717, 1.165) is 30.4 Å². The molecule has 1 aliphatic rings. The highest BCUT2D eigenvalue weighted by molar-refractivity contribution is 5.80. The molecule has 4 heteroatoms. The van der Waals surface area contributed by atoms with Gasteiger partial charge in [-0.3, -0.25) is 4.79 Å². The number of Topliss-reactive ketones (excluding diaryl/α,β-unsaturated/α-hetero) is 1. The fourth-order valence-electron chi connectivity index (χ4n) is 1.80. The molecule has 0 aliphatic carbocycles. The van der Waals surface area contributed by atoms with Crippen LogP contribution in [-0.2, 0) is 4.79 Å². The van der Waals surface area contributed by atoms with Gasteiger partial charge in [0.25, 0.3) is 0 Å². The van der Waals surface area contributed by atoms with E-state index in [9.17, 15) is 4.79 Å². The first-order chi connectivity index (χ1) is 7.15. The van der Waals surface area contributed by atoms with Crippen molar-refractivity contribution in [1.29, 1.82) is 0 Å². The molecule has 4 nitrogen and oxygen atoms in total. The lowest BCUT2D eigenvalue weighted by atomic mass is 10.1. The van der Waals surface area contributed by atoms with E-state index in [1.165, 1.54) is 0 Å². The summed E-state index contributed by atoms with van der Waals surface area (Å²) in [5, 5.41) is 0. The van der Waals surface area contributed by atoms with Gasteiger partial charge in [-0.25, -0.2) is 9.97 Å². The van der Waals surface area contributed by atoms with Crippen molar-refractivity contribution in [1.82, 2.24) is 9.97 Å². The number of carbonyl (C=O) groups excluding carboxylic acids is 1. The maximum absolute atomic E-state index is 11.1. The van der Waals surface area contributed by atoms with Gasteiger partial charge in [0.2, 0.25) is 5.95 Å². The Balaban J connectivity index is 2.18. The summed E-state index contributed by atoms with van der Waals surface area (Å²) in [6, 6.07) is 1.96. The number of hydrogen-bond acceptors (Lipinski definition) is 4. The van der Waals surface area contributed by atoms with Gasteiger partial charge in [0.05, 0.1) is 0 Å². The number of aryl methyl sites for hydroxylation is 2.